The number of carbonyl (C=O) groups excluding carboxylic acids is 2. The molecule has 0 bridgehead atoms. The van der Waals surface area contributed by atoms with Gasteiger partial charge >= 0.3 is 11.9 Å². The maximum atomic E-state index is 11.1. The van der Waals surface area contributed by atoms with E-state index in [4.69, 9.17) is 9.84 Å². The molecule has 0 aliphatic carbocycles. The van der Waals surface area contributed by atoms with Crippen LogP contribution in [0.4, 0.5) is 0 Å². The first-order valence-corrected chi connectivity index (χ1v) is 5.43. The average molecular weight is 242 g/mol. The number of unbranched alkanes of at least 4 members (excludes halogenated alkanes) is 1. The zero-order chi connectivity index (χ0) is 13.4. The Bertz CT molecular complexity index is 319. The zero-order valence-corrected chi connectivity index (χ0v) is 10.2. The summed E-state index contributed by atoms with van der Waals surface area (Å²) in [5, 5.41) is 8.57. The van der Waals surface area contributed by atoms with Crippen molar-refractivity contribution in [2.24, 2.45) is 0 Å². The number of ether oxygens (including phenoxy) is 1. The molecule has 1 atom stereocenters. The van der Waals surface area contributed by atoms with Crippen molar-refractivity contribution in [3.63, 3.8) is 0 Å². The molecule has 0 aliphatic rings. The van der Waals surface area contributed by atoms with E-state index in [1.807, 2.05) is 0 Å². The summed E-state index contributed by atoms with van der Waals surface area (Å²) in [7, 11) is 0. The second kappa shape index (κ2) is 7.60. The van der Waals surface area contributed by atoms with Crippen molar-refractivity contribution in [2.75, 3.05) is 0 Å². The van der Waals surface area contributed by atoms with E-state index < -0.39 is 18.0 Å². The molecule has 0 saturated heterocycles. The summed E-state index contributed by atoms with van der Waals surface area (Å²) < 4.78 is 4.84. The number of carbonyl (C=O) groups is 3. The van der Waals surface area contributed by atoms with Crippen LogP contribution in [0.5, 0.6) is 0 Å². The minimum Gasteiger partial charge on any atom is -0.478 e. The number of aliphatic carboxylic acids is 1. The second-order valence-corrected chi connectivity index (χ2v) is 3.86. The molecule has 0 aromatic heterocycles. The monoisotopic (exact) mass is 242 g/mol. The van der Waals surface area contributed by atoms with Gasteiger partial charge in [-0.2, -0.15) is 0 Å². The summed E-state index contributed by atoms with van der Waals surface area (Å²) in [4.78, 5) is 32.3. The van der Waals surface area contributed by atoms with Gasteiger partial charge in [0.1, 0.15) is 0 Å². The normalized spacial score (nSPS) is 11.6. The maximum Gasteiger partial charge on any atom is 0.330 e. The summed E-state index contributed by atoms with van der Waals surface area (Å²) in [6.07, 6.45) is 1.30. The van der Waals surface area contributed by atoms with Crippen LogP contribution >= 0.6 is 0 Å². The van der Waals surface area contributed by atoms with Crippen molar-refractivity contribution >= 4 is 17.7 Å². The number of carboxylic acids is 1. The van der Waals surface area contributed by atoms with E-state index in [0.29, 0.717) is 25.7 Å². The Morgan fingerprint density at radius 1 is 1.24 bits per heavy atom. The quantitative estimate of drug-likeness (QED) is 0.398. The highest BCUT2D eigenvalue weighted by Gasteiger charge is 2.16. The van der Waals surface area contributed by atoms with E-state index in [0.717, 1.165) is 0 Å². The number of rotatable bonds is 8. The van der Waals surface area contributed by atoms with Crippen molar-refractivity contribution in [2.45, 2.75) is 45.6 Å². The largest absolute Gasteiger partial charge is 0.478 e. The van der Waals surface area contributed by atoms with Gasteiger partial charge in [-0.15, -0.1) is 0 Å². The SMILES string of the molecule is C=C(CCCCC(OC(C)=O)C(C)=O)C(=O)O. The number of ketones is 1. The summed E-state index contributed by atoms with van der Waals surface area (Å²) in [5.74, 6) is -1.69. The van der Waals surface area contributed by atoms with Gasteiger partial charge in [-0.05, 0) is 32.6 Å². The number of Topliss-reactive ketones (excluding diaryl/α,β-unsaturated/α-hetero) is 1. The Hall–Kier alpha value is -1.65. The lowest BCUT2D eigenvalue weighted by atomic mass is 10.0. The Morgan fingerprint density at radius 2 is 1.82 bits per heavy atom. The molecule has 0 saturated carbocycles. The third kappa shape index (κ3) is 7.27. The molecular formula is C12H18O5. The topological polar surface area (TPSA) is 80.7 Å². The third-order valence-corrected chi connectivity index (χ3v) is 2.26. The smallest absolute Gasteiger partial charge is 0.330 e. The number of hydrogen-bond donors (Lipinski definition) is 1. The minimum atomic E-state index is -1.01. The fraction of sp³-hybridized carbons (Fsp3) is 0.583. The van der Waals surface area contributed by atoms with E-state index in [1.54, 1.807) is 0 Å². The lowest BCUT2D eigenvalue weighted by Crippen LogP contribution is -2.24. The molecular weight excluding hydrogens is 224 g/mol. The van der Waals surface area contributed by atoms with Crippen LogP contribution in [0.25, 0.3) is 0 Å². The first-order valence-electron chi connectivity index (χ1n) is 5.43. The van der Waals surface area contributed by atoms with Gasteiger partial charge in [-0.3, -0.25) is 9.59 Å². The van der Waals surface area contributed by atoms with E-state index in [1.165, 1.54) is 13.8 Å². The van der Waals surface area contributed by atoms with Crippen LogP contribution in [0, 0.1) is 0 Å². The highest BCUT2D eigenvalue weighted by Crippen LogP contribution is 2.11. The van der Waals surface area contributed by atoms with Gasteiger partial charge in [0, 0.05) is 12.5 Å². The first kappa shape index (κ1) is 15.3. The molecule has 0 aromatic carbocycles. The Kier molecular flexibility index (Phi) is 6.86. The molecule has 0 heterocycles. The molecule has 1 N–H and O–H groups in total. The third-order valence-electron chi connectivity index (χ3n) is 2.26. The molecule has 0 amide bonds. The average Bonchev–Trinajstić information content (AvgIpc) is 2.21. The number of esters is 1. The highest BCUT2D eigenvalue weighted by molar-refractivity contribution is 5.85. The van der Waals surface area contributed by atoms with E-state index in [2.05, 4.69) is 6.58 Å². The van der Waals surface area contributed by atoms with Gasteiger partial charge in [-0.25, -0.2) is 4.79 Å². The molecule has 96 valence electrons. The fourth-order valence-corrected chi connectivity index (χ4v) is 1.32. The number of carboxylic acid groups (broad SMARTS) is 1. The van der Waals surface area contributed by atoms with Gasteiger partial charge in [-0.1, -0.05) is 6.58 Å². The van der Waals surface area contributed by atoms with E-state index in [9.17, 15) is 14.4 Å². The predicted molar refractivity (Wildman–Crippen MR) is 61.5 cm³/mol. The van der Waals surface area contributed by atoms with Crippen LogP contribution in [-0.2, 0) is 19.1 Å². The molecule has 0 aliphatic heterocycles. The summed E-state index contributed by atoms with van der Waals surface area (Å²) >= 11 is 0. The van der Waals surface area contributed by atoms with Crippen LogP contribution in [-0.4, -0.2) is 28.9 Å². The van der Waals surface area contributed by atoms with Crippen molar-refractivity contribution in [1.29, 1.82) is 0 Å². The van der Waals surface area contributed by atoms with Gasteiger partial charge in [0.05, 0.1) is 0 Å². The summed E-state index contributed by atoms with van der Waals surface area (Å²) in [6, 6.07) is 0. The molecule has 5 nitrogen and oxygen atoms in total. The lowest BCUT2D eigenvalue weighted by molar-refractivity contribution is -0.152. The van der Waals surface area contributed by atoms with Crippen LogP contribution in [0.1, 0.15) is 39.5 Å². The lowest BCUT2D eigenvalue weighted by Gasteiger charge is -2.13. The van der Waals surface area contributed by atoms with Gasteiger partial charge in [0.25, 0.3) is 0 Å². The Balaban J connectivity index is 3.91. The van der Waals surface area contributed by atoms with Crippen LogP contribution in [0.2, 0.25) is 0 Å². The summed E-state index contributed by atoms with van der Waals surface area (Å²) in [6.45, 7) is 6.02. The minimum absolute atomic E-state index is 0.150. The fourth-order valence-electron chi connectivity index (χ4n) is 1.32. The summed E-state index contributed by atoms with van der Waals surface area (Å²) in [5.41, 5.74) is 0.150. The predicted octanol–water partition coefficient (Wildman–Crippen LogP) is 1.71. The molecule has 0 spiro atoms. The second-order valence-electron chi connectivity index (χ2n) is 3.86. The molecule has 0 rings (SSSR count). The van der Waals surface area contributed by atoms with Gasteiger partial charge < -0.3 is 9.84 Å². The van der Waals surface area contributed by atoms with Gasteiger partial charge in [0.2, 0.25) is 0 Å². The van der Waals surface area contributed by atoms with Crippen LogP contribution in [0.15, 0.2) is 12.2 Å². The Labute approximate surface area is 100 Å². The highest BCUT2D eigenvalue weighted by atomic mass is 16.5. The van der Waals surface area contributed by atoms with Crippen molar-refractivity contribution in [3.05, 3.63) is 12.2 Å². The van der Waals surface area contributed by atoms with E-state index >= 15 is 0 Å². The molecule has 0 radical (unpaired) electrons. The first-order chi connectivity index (χ1) is 7.84. The zero-order valence-electron chi connectivity index (χ0n) is 10.2. The van der Waals surface area contributed by atoms with Gasteiger partial charge in [0.15, 0.2) is 11.9 Å². The van der Waals surface area contributed by atoms with Crippen molar-refractivity contribution in [3.8, 4) is 0 Å². The van der Waals surface area contributed by atoms with E-state index in [-0.39, 0.29) is 11.4 Å². The molecule has 0 fully saturated rings. The standard InChI is InChI=1S/C12H18O5/c1-8(12(15)16)6-4-5-7-11(9(2)13)17-10(3)14/h11H,1,4-7H2,2-3H3,(H,15,16). The maximum absolute atomic E-state index is 11.1. The van der Waals surface area contributed by atoms with Crippen molar-refractivity contribution in [1.82, 2.24) is 0 Å². The van der Waals surface area contributed by atoms with Crippen LogP contribution in [0.3, 0.4) is 0 Å². The van der Waals surface area contributed by atoms with Crippen LogP contribution < -0.4 is 0 Å². The molecule has 1 unspecified atom stereocenters. The molecule has 17 heavy (non-hydrogen) atoms. The van der Waals surface area contributed by atoms with Crippen molar-refractivity contribution < 1.29 is 24.2 Å². The number of hydrogen-bond acceptors (Lipinski definition) is 4. The Morgan fingerprint density at radius 3 is 2.24 bits per heavy atom. The molecule has 0 aromatic rings. The molecule has 5 heteroatoms.